The second-order valence-corrected chi connectivity index (χ2v) is 7.09. The number of rotatable bonds is 6. The molecule has 0 radical (unpaired) electrons. The van der Waals surface area contributed by atoms with Gasteiger partial charge in [0.1, 0.15) is 17.7 Å². The van der Waals surface area contributed by atoms with Crippen LogP contribution in [0, 0.1) is 5.82 Å². The second-order valence-electron chi connectivity index (χ2n) is 6.31. The van der Waals surface area contributed by atoms with Gasteiger partial charge in [0, 0.05) is 22.2 Å². The minimum atomic E-state index is -0.725. The lowest BCUT2D eigenvalue weighted by molar-refractivity contribution is 0.102. The van der Waals surface area contributed by atoms with Crippen LogP contribution in [0.4, 0.5) is 15.9 Å². The SMILES string of the molecule is COc1ccc(C(=O)Nc2cnc(N)c(OC(C)c3c(Cl)ccc(F)c3Cl)c2)cc1. The lowest BCUT2D eigenvalue weighted by Crippen LogP contribution is -2.13. The van der Waals surface area contributed by atoms with Crippen LogP contribution in [0.15, 0.2) is 48.7 Å². The normalized spacial score (nSPS) is 11.6. The van der Waals surface area contributed by atoms with E-state index in [-0.39, 0.29) is 33.1 Å². The van der Waals surface area contributed by atoms with Crippen molar-refractivity contribution >= 4 is 40.6 Å². The van der Waals surface area contributed by atoms with E-state index in [0.29, 0.717) is 17.0 Å². The summed E-state index contributed by atoms with van der Waals surface area (Å²) in [6, 6.07) is 10.7. The summed E-state index contributed by atoms with van der Waals surface area (Å²) in [5.41, 5.74) is 6.97. The van der Waals surface area contributed by atoms with Gasteiger partial charge < -0.3 is 20.5 Å². The Morgan fingerprint density at radius 1 is 1.20 bits per heavy atom. The molecule has 1 heterocycles. The van der Waals surface area contributed by atoms with E-state index < -0.39 is 11.9 Å². The summed E-state index contributed by atoms with van der Waals surface area (Å²) in [5, 5.41) is 2.84. The van der Waals surface area contributed by atoms with Crippen LogP contribution >= 0.6 is 23.2 Å². The van der Waals surface area contributed by atoms with Crippen molar-refractivity contribution in [2.24, 2.45) is 0 Å². The fourth-order valence-corrected chi connectivity index (χ4v) is 3.41. The molecular formula is C21H18Cl2FN3O3. The monoisotopic (exact) mass is 449 g/mol. The zero-order valence-electron chi connectivity index (χ0n) is 16.1. The van der Waals surface area contributed by atoms with E-state index in [1.54, 1.807) is 38.3 Å². The van der Waals surface area contributed by atoms with Gasteiger partial charge in [0.15, 0.2) is 11.6 Å². The molecule has 0 saturated heterocycles. The second kappa shape index (κ2) is 9.19. The van der Waals surface area contributed by atoms with Crippen LogP contribution in [0.25, 0.3) is 0 Å². The van der Waals surface area contributed by atoms with Gasteiger partial charge in [-0.2, -0.15) is 0 Å². The van der Waals surface area contributed by atoms with Crippen molar-refractivity contribution in [3.63, 3.8) is 0 Å². The van der Waals surface area contributed by atoms with Crippen LogP contribution in [0.1, 0.15) is 28.9 Å². The van der Waals surface area contributed by atoms with Crippen molar-refractivity contribution in [1.29, 1.82) is 0 Å². The molecule has 30 heavy (non-hydrogen) atoms. The highest BCUT2D eigenvalue weighted by Crippen LogP contribution is 2.36. The fourth-order valence-electron chi connectivity index (χ4n) is 2.73. The van der Waals surface area contributed by atoms with Crippen molar-refractivity contribution in [3.05, 3.63) is 75.7 Å². The number of carbonyl (C=O) groups excluding carboxylic acids is 1. The molecule has 3 N–H and O–H groups in total. The maximum atomic E-state index is 13.8. The molecule has 0 aliphatic carbocycles. The molecule has 0 fully saturated rings. The molecule has 3 aromatic rings. The third-order valence-electron chi connectivity index (χ3n) is 4.28. The van der Waals surface area contributed by atoms with Crippen molar-refractivity contribution < 1.29 is 18.7 Å². The van der Waals surface area contributed by atoms with Crippen LogP contribution in [-0.4, -0.2) is 18.0 Å². The summed E-state index contributed by atoms with van der Waals surface area (Å²) >= 11 is 12.2. The first-order valence-corrected chi connectivity index (χ1v) is 9.56. The summed E-state index contributed by atoms with van der Waals surface area (Å²) in [4.78, 5) is 16.5. The number of nitrogen functional groups attached to an aromatic ring is 1. The molecule has 1 amide bonds. The summed E-state index contributed by atoms with van der Waals surface area (Å²) in [6.45, 7) is 1.65. The van der Waals surface area contributed by atoms with E-state index >= 15 is 0 Å². The third kappa shape index (κ3) is 4.75. The van der Waals surface area contributed by atoms with Crippen LogP contribution in [0.2, 0.25) is 10.0 Å². The Balaban J connectivity index is 1.80. The quantitative estimate of drug-likeness (QED) is 0.484. The molecule has 156 valence electrons. The van der Waals surface area contributed by atoms with E-state index in [4.69, 9.17) is 38.4 Å². The largest absolute Gasteiger partial charge is 0.497 e. The Morgan fingerprint density at radius 2 is 1.90 bits per heavy atom. The highest BCUT2D eigenvalue weighted by Gasteiger charge is 2.20. The van der Waals surface area contributed by atoms with Gasteiger partial charge in [-0.1, -0.05) is 23.2 Å². The average molecular weight is 450 g/mol. The number of benzene rings is 2. The molecule has 0 bridgehead atoms. The van der Waals surface area contributed by atoms with Crippen molar-refractivity contribution in [2.45, 2.75) is 13.0 Å². The zero-order chi connectivity index (χ0) is 21.8. The van der Waals surface area contributed by atoms with Gasteiger partial charge in [-0.05, 0) is 43.3 Å². The van der Waals surface area contributed by atoms with Gasteiger partial charge in [-0.25, -0.2) is 9.37 Å². The number of methoxy groups -OCH3 is 1. The highest BCUT2D eigenvalue weighted by atomic mass is 35.5. The van der Waals surface area contributed by atoms with Crippen molar-refractivity contribution in [1.82, 2.24) is 4.98 Å². The standard InChI is InChI=1S/C21H18Cl2FN3O3/c1-11(18-15(22)7-8-16(24)19(18)23)30-17-9-13(10-26-20(17)25)27-21(28)12-3-5-14(29-2)6-4-12/h3-11H,1-2H3,(H2,25,26)(H,27,28). The molecule has 0 aliphatic heterocycles. The van der Waals surface area contributed by atoms with Gasteiger partial charge >= 0.3 is 0 Å². The van der Waals surface area contributed by atoms with Crippen molar-refractivity contribution in [2.75, 3.05) is 18.2 Å². The smallest absolute Gasteiger partial charge is 0.255 e. The molecule has 0 aliphatic rings. The predicted molar refractivity (Wildman–Crippen MR) is 115 cm³/mol. The number of nitrogens with two attached hydrogens (primary N) is 1. The maximum Gasteiger partial charge on any atom is 0.255 e. The Labute approximate surface area is 182 Å². The van der Waals surface area contributed by atoms with Gasteiger partial charge in [-0.15, -0.1) is 0 Å². The molecule has 1 unspecified atom stereocenters. The molecule has 0 spiro atoms. The molecular weight excluding hydrogens is 432 g/mol. The predicted octanol–water partition coefficient (Wildman–Crippen LogP) is 5.51. The number of ether oxygens (including phenoxy) is 2. The number of hydrogen-bond donors (Lipinski definition) is 2. The number of nitrogens with zero attached hydrogens (tertiary/aromatic N) is 1. The number of carbonyl (C=O) groups is 1. The molecule has 3 rings (SSSR count). The molecule has 9 heteroatoms. The van der Waals surface area contributed by atoms with Crippen LogP contribution in [-0.2, 0) is 0 Å². The number of amides is 1. The van der Waals surface area contributed by atoms with Crippen LogP contribution in [0.3, 0.4) is 0 Å². The van der Waals surface area contributed by atoms with Crippen molar-refractivity contribution in [3.8, 4) is 11.5 Å². The first-order chi connectivity index (χ1) is 14.3. The first kappa shape index (κ1) is 21.7. The Hall–Kier alpha value is -3.03. The zero-order valence-corrected chi connectivity index (χ0v) is 17.6. The average Bonchev–Trinajstić information content (AvgIpc) is 2.73. The minimum absolute atomic E-state index is 0.0907. The topological polar surface area (TPSA) is 86.5 Å². The third-order valence-corrected chi connectivity index (χ3v) is 5.00. The minimum Gasteiger partial charge on any atom is -0.497 e. The van der Waals surface area contributed by atoms with Gasteiger partial charge in [0.2, 0.25) is 0 Å². The van der Waals surface area contributed by atoms with Gasteiger partial charge in [0.25, 0.3) is 5.91 Å². The molecule has 0 saturated carbocycles. The van der Waals surface area contributed by atoms with E-state index in [0.717, 1.165) is 0 Å². The number of aromatic nitrogens is 1. The van der Waals surface area contributed by atoms with E-state index in [9.17, 15) is 9.18 Å². The highest BCUT2D eigenvalue weighted by molar-refractivity contribution is 6.36. The van der Waals surface area contributed by atoms with E-state index in [1.165, 1.54) is 24.4 Å². The number of hydrogen-bond acceptors (Lipinski definition) is 5. The van der Waals surface area contributed by atoms with Gasteiger partial charge in [0.05, 0.1) is 24.0 Å². The summed E-state index contributed by atoms with van der Waals surface area (Å²) < 4.78 is 24.7. The lowest BCUT2D eigenvalue weighted by atomic mass is 10.1. The Bertz CT molecular complexity index is 1080. The summed E-state index contributed by atoms with van der Waals surface area (Å²) in [6.07, 6.45) is 0.675. The number of halogens is 3. The molecule has 1 aromatic heterocycles. The van der Waals surface area contributed by atoms with Crippen LogP contribution in [0.5, 0.6) is 11.5 Å². The molecule has 2 aromatic carbocycles. The Morgan fingerprint density at radius 3 is 2.57 bits per heavy atom. The van der Waals surface area contributed by atoms with E-state index in [1.807, 2.05) is 0 Å². The lowest BCUT2D eigenvalue weighted by Gasteiger charge is -2.19. The number of nitrogens with one attached hydrogen (secondary N) is 1. The number of anilines is 2. The summed E-state index contributed by atoms with van der Waals surface area (Å²) in [7, 11) is 1.54. The number of pyridine rings is 1. The molecule has 1 atom stereocenters. The molecule has 6 nitrogen and oxygen atoms in total. The van der Waals surface area contributed by atoms with Gasteiger partial charge in [-0.3, -0.25) is 4.79 Å². The van der Waals surface area contributed by atoms with Crippen LogP contribution < -0.4 is 20.5 Å². The summed E-state index contributed by atoms with van der Waals surface area (Å²) in [5.74, 6) is -0.0445. The fraction of sp³-hybridized carbons (Fsp3) is 0.143. The van der Waals surface area contributed by atoms with E-state index in [2.05, 4.69) is 10.3 Å². The Kier molecular flexibility index (Phi) is 6.64. The maximum absolute atomic E-state index is 13.8. The first-order valence-electron chi connectivity index (χ1n) is 8.81.